The molecule has 0 atom stereocenters. The Balaban J connectivity index is 1.68. The van der Waals surface area contributed by atoms with E-state index in [1.54, 1.807) is 13.0 Å². The zero-order valence-corrected chi connectivity index (χ0v) is 16.5. The maximum atomic E-state index is 14.3. The number of amides is 1. The van der Waals surface area contributed by atoms with Crippen molar-refractivity contribution in [2.24, 2.45) is 0 Å². The maximum Gasteiger partial charge on any atom is 0.235 e. The summed E-state index contributed by atoms with van der Waals surface area (Å²) in [7, 11) is 0. The van der Waals surface area contributed by atoms with Crippen LogP contribution in [0.1, 0.15) is 24.2 Å². The minimum Gasteiger partial charge on any atom is -0.381 e. The molecule has 4 rings (SSSR count). The minimum absolute atomic E-state index is 0.161. The number of benzene rings is 2. The van der Waals surface area contributed by atoms with Crippen LogP contribution in [0.25, 0.3) is 5.69 Å². The van der Waals surface area contributed by atoms with Gasteiger partial charge in [-0.05, 0) is 66.1 Å². The first kappa shape index (κ1) is 19.5. The monoisotopic (exact) mass is 415 g/mol. The van der Waals surface area contributed by atoms with E-state index in [-0.39, 0.29) is 11.6 Å². The van der Waals surface area contributed by atoms with Crippen LogP contribution in [0.5, 0.6) is 0 Å². The van der Waals surface area contributed by atoms with E-state index in [2.05, 4.69) is 20.8 Å². The van der Waals surface area contributed by atoms with Crippen LogP contribution in [0.15, 0.2) is 42.5 Å². The van der Waals surface area contributed by atoms with E-state index in [1.165, 1.54) is 22.9 Å². The fourth-order valence-corrected chi connectivity index (χ4v) is 3.80. The second kappa shape index (κ2) is 7.88. The predicted octanol–water partition coefficient (Wildman–Crippen LogP) is 3.45. The highest BCUT2D eigenvalue weighted by Gasteiger charge is 2.42. The molecule has 0 radical (unpaired) electrons. The highest BCUT2D eigenvalue weighted by atomic mass is 35.5. The Morgan fingerprint density at radius 3 is 2.72 bits per heavy atom. The fourth-order valence-electron chi connectivity index (χ4n) is 3.61. The van der Waals surface area contributed by atoms with Crippen LogP contribution in [0.3, 0.4) is 0 Å². The molecule has 3 aromatic rings. The van der Waals surface area contributed by atoms with E-state index >= 15 is 0 Å². The SMILES string of the molecule is Cc1nnnn1-c1cc(NC(=O)C2(c3cccc(Cl)c3)CCOCC2)ccc1F. The van der Waals surface area contributed by atoms with Crippen molar-refractivity contribution in [3.8, 4) is 5.69 Å². The summed E-state index contributed by atoms with van der Waals surface area (Å²) in [6.45, 7) is 2.61. The van der Waals surface area contributed by atoms with Gasteiger partial charge in [0.05, 0.1) is 5.41 Å². The van der Waals surface area contributed by atoms with Gasteiger partial charge in [-0.1, -0.05) is 23.7 Å². The number of aryl methyl sites for hydroxylation is 1. The molecule has 0 unspecified atom stereocenters. The van der Waals surface area contributed by atoms with Crippen LogP contribution in [-0.2, 0) is 14.9 Å². The molecule has 2 heterocycles. The summed E-state index contributed by atoms with van der Waals surface area (Å²) in [5, 5.41) is 14.6. The topological polar surface area (TPSA) is 81.9 Å². The van der Waals surface area contributed by atoms with E-state index in [1.807, 2.05) is 18.2 Å². The van der Waals surface area contributed by atoms with E-state index in [9.17, 15) is 9.18 Å². The van der Waals surface area contributed by atoms with Crippen LogP contribution in [0.4, 0.5) is 10.1 Å². The summed E-state index contributed by atoms with van der Waals surface area (Å²) < 4.78 is 21.1. The van der Waals surface area contributed by atoms with Gasteiger partial charge in [0.15, 0.2) is 5.82 Å². The molecule has 0 saturated carbocycles. The first-order valence-corrected chi connectivity index (χ1v) is 9.57. The number of hydrogen-bond acceptors (Lipinski definition) is 5. The molecule has 0 aliphatic carbocycles. The quantitative estimate of drug-likeness (QED) is 0.705. The highest BCUT2D eigenvalue weighted by Crippen LogP contribution is 2.37. The van der Waals surface area contributed by atoms with Gasteiger partial charge in [0.2, 0.25) is 5.91 Å². The lowest BCUT2D eigenvalue weighted by atomic mass is 9.73. The van der Waals surface area contributed by atoms with E-state index < -0.39 is 11.2 Å². The number of nitrogens with one attached hydrogen (secondary N) is 1. The van der Waals surface area contributed by atoms with E-state index in [0.717, 1.165) is 5.56 Å². The number of nitrogens with zero attached hydrogens (tertiary/aromatic N) is 4. The number of carbonyl (C=O) groups is 1. The number of halogens is 2. The van der Waals surface area contributed by atoms with Gasteiger partial charge in [0, 0.05) is 23.9 Å². The first-order valence-electron chi connectivity index (χ1n) is 9.20. The van der Waals surface area contributed by atoms with Crippen LogP contribution < -0.4 is 5.32 Å². The molecule has 0 bridgehead atoms. The molecule has 1 amide bonds. The van der Waals surface area contributed by atoms with Crippen molar-refractivity contribution in [3.05, 3.63) is 64.7 Å². The Morgan fingerprint density at radius 2 is 2.03 bits per heavy atom. The molecule has 1 fully saturated rings. The summed E-state index contributed by atoms with van der Waals surface area (Å²) in [5.74, 6) is -0.240. The number of hydrogen-bond donors (Lipinski definition) is 1. The third-order valence-corrected chi connectivity index (χ3v) is 5.45. The Bertz CT molecular complexity index is 1050. The van der Waals surface area contributed by atoms with Crippen LogP contribution in [-0.4, -0.2) is 39.3 Å². The molecule has 1 aromatic heterocycles. The number of aromatic nitrogens is 4. The summed E-state index contributed by atoms with van der Waals surface area (Å²) in [5.41, 5.74) is 0.676. The fraction of sp³-hybridized carbons (Fsp3) is 0.300. The average Bonchev–Trinajstić information content (AvgIpc) is 3.15. The molecule has 29 heavy (non-hydrogen) atoms. The van der Waals surface area contributed by atoms with Gasteiger partial charge in [-0.25, -0.2) is 4.39 Å². The zero-order chi connectivity index (χ0) is 20.4. The number of rotatable bonds is 4. The minimum atomic E-state index is -0.775. The average molecular weight is 416 g/mol. The van der Waals surface area contributed by atoms with Crippen molar-refractivity contribution in [2.75, 3.05) is 18.5 Å². The lowest BCUT2D eigenvalue weighted by Gasteiger charge is -2.36. The standard InChI is InChI=1S/C20H19ClFN5O2/c1-13-24-25-26-27(13)18-12-16(5-6-17(18)22)23-19(28)20(7-9-29-10-8-20)14-3-2-4-15(21)11-14/h2-6,11-12H,7-10H2,1H3,(H,23,28). The zero-order valence-electron chi connectivity index (χ0n) is 15.7. The Labute approximate surface area is 171 Å². The lowest BCUT2D eigenvalue weighted by molar-refractivity contribution is -0.125. The van der Waals surface area contributed by atoms with Crippen molar-refractivity contribution in [2.45, 2.75) is 25.2 Å². The summed E-state index contributed by atoms with van der Waals surface area (Å²) in [6, 6.07) is 11.6. The molecular formula is C20H19ClFN5O2. The first-order chi connectivity index (χ1) is 14.0. The van der Waals surface area contributed by atoms with Crippen LogP contribution in [0, 0.1) is 12.7 Å². The molecule has 0 spiro atoms. The Kier molecular flexibility index (Phi) is 5.29. The number of ether oxygens (including phenoxy) is 1. The molecule has 9 heteroatoms. The molecule has 1 N–H and O–H groups in total. The van der Waals surface area contributed by atoms with Crippen molar-refractivity contribution < 1.29 is 13.9 Å². The van der Waals surface area contributed by atoms with Gasteiger partial charge in [0.25, 0.3) is 0 Å². The van der Waals surface area contributed by atoms with Gasteiger partial charge in [0.1, 0.15) is 11.5 Å². The number of anilines is 1. The second-order valence-corrected chi connectivity index (χ2v) is 7.40. The van der Waals surface area contributed by atoms with Crippen LogP contribution in [0.2, 0.25) is 5.02 Å². The van der Waals surface area contributed by atoms with Crippen molar-refractivity contribution in [1.29, 1.82) is 0 Å². The van der Waals surface area contributed by atoms with E-state index in [4.69, 9.17) is 16.3 Å². The second-order valence-electron chi connectivity index (χ2n) is 6.96. The molecule has 1 aliphatic rings. The number of tetrazole rings is 1. The van der Waals surface area contributed by atoms with E-state index in [0.29, 0.717) is 42.6 Å². The third-order valence-electron chi connectivity index (χ3n) is 5.22. The van der Waals surface area contributed by atoms with Crippen molar-refractivity contribution >= 4 is 23.2 Å². The smallest absolute Gasteiger partial charge is 0.235 e. The lowest BCUT2D eigenvalue weighted by Crippen LogP contribution is -2.44. The number of carbonyl (C=O) groups excluding carboxylic acids is 1. The molecule has 7 nitrogen and oxygen atoms in total. The van der Waals surface area contributed by atoms with Crippen molar-refractivity contribution in [1.82, 2.24) is 20.2 Å². The van der Waals surface area contributed by atoms with Gasteiger partial charge in [-0.2, -0.15) is 4.68 Å². The molecular weight excluding hydrogens is 397 g/mol. The summed E-state index contributed by atoms with van der Waals surface area (Å²) >= 11 is 6.17. The summed E-state index contributed by atoms with van der Waals surface area (Å²) in [4.78, 5) is 13.4. The Hall–Kier alpha value is -2.84. The van der Waals surface area contributed by atoms with Gasteiger partial charge in [-0.15, -0.1) is 5.10 Å². The van der Waals surface area contributed by atoms with Crippen molar-refractivity contribution in [3.63, 3.8) is 0 Å². The Morgan fingerprint density at radius 1 is 1.24 bits per heavy atom. The van der Waals surface area contributed by atoms with Gasteiger partial charge < -0.3 is 10.1 Å². The molecule has 1 aliphatic heterocycles. The van der Waals surface area contributed by atoms with Crippen LogP contribution >= 0.6 is 11.6 Å². The molecule has 1 saturated heterocycles. The largest absolute Gasteiger partial charge is 0.381 e. The normalized spacial score (nSPS) is 15.8. The van der Waals surface area contributed by atoms with Gasteiger partial charge in [-0.3, -0.25) is 4.79 Å². The molecule has 2 aromatic carbocycles. The molecule has 150 valence electrons. The highest BCUT2D eigenvalue weighted by molar-refractivity contribution is 6.30. The predicted molar refractivity (Wildman–Crippen MR) is 106 cm³/mol. The summed E-state index contributed by atoms with van der Waals surface area (Å²) in [6.07, 6.45) is 1.05. The third kappa shape index (κ3) is 3.73. The maximum absolute atomic E-state index is 14.3. The van der Waals surface area contributed by atoms with Gasteiger partial charge >= 0.3 is 0 Å².